The number of hydrogen-bond donors (Lipinski definition) is 2. The first-order chi connectivity index (χ1) is 8.72. The molecule has 100 valence electrons. The number of fused-ring (bicyclic) bond motifs is 1. The third-order valence-electron chi connectivity index (χ3n) is 2.98. The highest BCUT2D eigenvalue weighted by Gasteiger charge is 2.23. The Balaban J connectivity index is 2.02. The highest BCUT2D eigenvalue weighted by molar-refractivity contribution is 9.10. The summed E-state index contributed by atoms with van der Waals surface area (Å²) in [6.45, 7) is 1.56. The van der Waals surface area contributed by atoms with E-state index in [1.165, 1.54) is 0 Å². The number of aliphatic hydroxyl groups is 1. The van der Waals surface area contributed by atoms with E-state index in [4.69, 9.17) is 9.47 Å². The van der Waals surface area contributed by atoms with Crippen LogP contribution < -0.4 is 10.1 Å². The summed E-state index contributed by atoms with van der Waals surface area (Å²) in [4.78, 5) is 0. The first-order valence-corrected chi connectivity index (χ1v) is 6.83. The topological polar surface area (TPSA) is 50.7 Å². The molecule has 2 rings (SSSR count). The van der Waals surface area contributed by atoms with Crippen molar-refractivity contribution in [2.24, 2.45) is 0 Å². The van der Waals surface area contributed by atoms with E-state index in [1.807, 2.05) is 12.1 Å². The lowest BCUT2D eigenvalue weighted by molar-refractivity contribution is 0.0614. The molecule has 0 aromatic heterocycles. The average Bonchev–Trinajstić information content (AvgIpc) is 2.37. The van der Waals surface area contributed by atoms with Crippen LogP contribution >= 0.6 is 15.9 Å². The monoisotopic (exact) mass is 315 g/mol. The molecule has 2 N–H and O–H groups in total. The first kappa shape index (κ1) is 13.8. The van der Waals surface area contributed by atoms with Gasteiger partial charge in [-0.05, 0) is 22.0 Å². The van der Waals surface area contributed by atoms with E-state index >= 15 is 0 Å². The zero-order valence-electron chi connectivity index (χ0n) is 10.4. The maximum atomic E-state index is 9.65. The van der Waals surface area contributed by atoms with Gasteiger partial charge < -0.3 is 19.9 Å². The Morgan fingerprint density at radius 3 is 3.22 bits per heavy atom. The summed E-state index contributed by atoms with van der Waals surface area (Å²) in [7, 11) is 1.59. The van der Waals surface area contributed by atoms with Gasteiger partial charge in [-0.15, -0.1) is 0 Å². The summed E-state index contributed by atoms with van der Waals surface area (Å²) in [5.74, 6) is 0.905. The second kappa shape index (κ2) is 6.52. The lowest BCUT2D eigenvalue weighted by atomic mass is 10.0. The van der Waals surface area contributed by atoms with Gasteiger partial charge in [0.05, 0.1) is 23.8 Å². The Bertz CT molecular complexity index is 400. The average molecular weight is 316 g/mol. The fourth-order valence-corrected chi connectivity index (χ4v) is 2.62. The van der Waals surface area contributed by atoms with Gasteiger partial charge in [-0.1, -0.05) is 12.1 Å². The van der Waals surface area contributed by atoms with E-state index in [9.17, 15) is 5.11 Å². The van der Waals surface area contributed by atoms with Gasteiger partial charge in [0.2, 0.25) is 0 Å². The van der Waals surface area contributed by atoms with Crippen LogP contribution in [0.5, 0.6) is 5.75 Å². The molecule has 4 nitrogen and oxygen atoms in total. The molecule has 1 aromatic carbocycles. The smallest absolute Gasteiger partial charge is 0.138 e. The standard InChI is InChI=1S/C13H18BrNO3/c1-17-8-9(16)7-15-12-5-6-18-13-10(12)3-2-4-11(13)14/h2-4,9,12,15-16H,5-8H2,1H3/t9-,12+/m0/s1. The minimum Gasteiger partial charge on any atom is -0.492 e. The maximum absolute atomic E-state index is 9.65. The number of para-hydroxylation sites is 1. The molecule has 0 aliphatic carbocycles. The van der Waals surface area contributed by atoms with Crippen LogP contribution in [-0.4, -0.2) is 38.1 Å². The number of nitrogens with one attached hydrogen (secondary N) is 1. The highest BCUT2D eigenvalue weighted by atomic mass is 79.9. The van der Waals surface area contributed by atoms with E-state index in [-0.39, 0.29) is 6.04 Å². The second-order valence-corrected chi connectivity index (χ2v) is 5.22. The fraction of sp³-hybridized carbons (Fsp3) is 0.538. The summed E-state index contributed by atoms with van der Waals surface area (Å²) < 4.78 is 11.6. The van der Waals surface area contributed by atoms with Crippen molar-refractivity contribution in [3.05, 3.63) is 28.2 Å². The van der Waals surface area contributed by atoms with E-state index in [0.29, 0.717) is 19.8 Å². The number of aliphatic hydroxyl groups excluding tert-OH is 1. The number of benzene rings is 1. The molecule has 1 aliphatic rings. The normalized spacial score (nSPS) is 20.1. The Morgan fingerprint density at radius 1 is 1.61 bits per heavy atom. The van der Waals surface area contributed by atoms with Crippen LogP contribution in [0.1, 0.15) is 18.0 Å². The minimum atomic E-state index is -0.478. The van der Waals surface area contributed by atoms with Gasteiger partial charge in [0, 0.05) is 31.7 Å². The molecule has 18 heavy (non-hydrogen) atoms. The third kappa shape index (κ3) is 3.23. The zero-order chi connectivity index (χ0) is 13.0. The molecule has 1 heterocycles. The number of halogens is 1. The molecule has 0 fully saturated rings. The van der Waals surface area contributed by atoms with Crippen molar-refractivity contribution >= 4 is 15.9 Å². The van der Waals surface area contributed by atoms with Gasteiger partial charge in [-0.3, -0.25) is 0 Å². The zero-order valence-corrected chi connectivity index (χ0v) is 11.9. The van der Waals surface area contributed by atoms with Crippen LogP contribution in [0.15, 0.2) is 22.7 Å². The van der Waals surface area contributed by atoms with E-state index in [2.05, 4.69) is 27.3 Å². The molecule has 0 unspecified atom stereocenters. The molecule has 2 atom stereocenters. The molecular weight excluding hydrogens is 298 g/mol. The molecule has 1 aliphatic heterocycles. The molecule has 0 radical (unpaired) electrons. The lowest BCUT2D eigenvalue weighted by Gasteiger charge is -2.28. The van der Waals surface area contributed by atoms with Gasteiger partial charge in [0.15, 0.2) is 0 Å². The van der Waals surface area contributed by atoms with E-state index in [0.717, 1.165) is 22.2 Å². The van der Waals surface area contributed by atoms with Crippen LogP contribution in [0.2, 0.25) is 0 Å². The first-order valence-electron chi connectivity index (χ1n) is 6.04. The van der Waals surface area contributed by atoms with Gasteiger partial charge in [-0.25, -0.2) is 0 Å². The molecule has 0 amide bonds. The molecule has 0 spiro atoms. The van der Waals surface area contributed by atoms with Crippen molar-refractivity contribution in [1.82, 2.24) is 5.32 Å². The van der Waals surface area contributed by atoms with E-state index < -0.39 is 6.10 Å². The number of ether oxygens (including phenoxy) is 2. The summed E-state index contributed by atoms with van der Waals surface area (Å²) in [5.41, 5.74) is 1.14. The summed E-state index contributed by atoms with van der Waals surface area (Å²) in [5, 5.41) is 13.0. The van der Waals surface area contributed by atoms with Gasteiger partial charge >= 0.3 is 0 Å². The summed E-state index contributed by atoms with van der Waals surface area (Å²) in [6, 6.07) is 6.25. The molecule has 1 aromatic rings. The van der Waals surface area contributed by atoms with Crippen LogP contribution in [0.25, 0.3) is 0 Å². The third-order valence-corrected chi connectivity index (χ3v) is 3.61. The van der Waals surface area contributed by atoms with Crippen molar-refractivity contribution in [1.29, 1.82) is 0 Å². The van der Waals surface area contributed by atoms with E-state index in [1.54, 1.807) is 7.11 Å². The van der Waals surface area contributed by atoms with Crippen molar-refractivity contribution in [2.75, 3.05) is 26.9 Å². The van der Waals surface area contributed by atoms with Crippen LogP contribution in [0, 0.1) is 0 Å². The lowest BCUT2D eigenvalue weighted by Crippen LogP contribution is -2.35. The van der Waals surface area contributed by atoms with Crippen LogP contribution in [-0.2, 0) is 4.74 Å². The Hall–Kier alpha value is -0.620. The maximum Gasteiger partial charge on any atom is 0.138 e. The summed E-state index contributed by atoms with van der Waals surface area (Å²) in [6.07, 6.45) is 0.428. The molecule has 0 bridgehead atoms. The minimum absolute atomic E-state index is 0.220. The molecular formula is C13H18BrNO3. The van der Waals surface area contributed by atoms with Crippen LogP contribution in [0.3, 0.4) is 0 Å². The van der Waals surface area contributed by atoms with Crippen molar-refractivity contribution in [3.63, 3.8) is 0 Å². The van der Waals surface area contributed by atoms with Crippen molar-refractivity contribution in [3.8, 4) is 5.75 Å². The Morgan fingerprint density at radius 2 is 2.44 bits per heavy atom. The molecule has 0 saturated heterocycles. The number of methoxy groups -OCH3 is 1. The predicted molar refractivity (Wildman–Crippen MR) is 72.9 cm³/mol. The molecule has 5 heteroatoms. The van der Waals surface area contributed by atoms with Gasteiger partial charge in [0.1, 0.15) is 5.75 Å². The fourth-order valence-electron chi connectivity index (χ4n) is 2.13. The van der Waals surface area contributed by atoms with Gasteiger partial charge in [0.25, 0.3) is 0 Å². The Kier molecular flexibility index (Phi) is 5.00. The van der Waals surface area contributed by atoms with Crippen LogP contribution in [0.4, 0.5) is 0 Å². The van der Waals surface area contributed by atoms with Crippen molar-refractivity contribution in [2.45, 2.75) is 18.6 Å². The largest absolute Gasteiger partial charge is 0.492 e. The number of hydrogen-bond acceptors (Lipinski definition) is 4. The highest BCUT2D eigenvalue weighted by Crippen LogP contribution is 2.37. The quantitative estimate of drug-likeness (QED) is 0.871. The second-order valence-electron chi connectivity index (χ2n) is 4.37. The Labute approximate surface area is 115 Å². The SMILES string of the molecule is COC[C@@H](O)CN[C@@H]1CCOc2c(Br)cccc21. The van der Waals surface area contributed by atoms with Gasteiger partial charge in [-0.2, -0.15) is 0 Å². The molecule has 0 saturated carbocycles. The predicted octanol–water partition coefficient (Wildman–Crippen LogP) is 1.87. The number of rotatable bonds is 5. The van der Waals surface area contributed by atoms with Crippen molar-refractivity contribution < 1.29 is 14.6 Å². The summed E-state index contributed by atoms with van der Waals surface area (Å²) >= 11 is 3.49.